The lowest BCUT2D eigenvalue weighted by Crippen LogP contribution is -2.45. The number of halogens is 2. The minimum atomic E-state index is -0.102. The molecular weight excluding hydrogens is 387 g/mol. The Morgan fingerprint density at radius 1 is 1.26 bits per heavy atom. The number of nitrogens with zero attached hydrogens (tertiary/aromatic N) is 1. The van der Waals surface area contributed by atoms with Gasteiger partial charge in [0.25, 0.3) is 5.91 Å². The van der Waals surface area contributed by atoms with Crippen LogP contribution in [0.15, 0.2) is 42.6 Å². The Morgan fingerprint density at radius 3 is 2.70 bits per heavy atom. The van der Waals surface area contributed by atoms with Gasteiger partial charge in [-0.2, -0.15) is 0 Å². The van der Waals surface area contributed by atoms with Crippen molar-refractivity contribution in [1.82, 2.24) is 15.6 Å². The minimum absolute atomic E-state index is 0. The first kappa shape index (κ1) is 23.0. The normalized spacial score (nSPS) is 15.7. The summed E-state index contributed by atoms with van der Waals surface area (Å²) in [6.45, 7) is 4.41. The molecule has 0 bridgehead atoms. The molecule has 2 aromatic rings. The fourth-order valence-corrected chi connectivity index (χ4v) is 2.86. The number of nitrogens with one attached hydrogen (secondary N) is 3. The predicted octanol–water partition coefficient (Wildman–Crippen LogP) is 3.55. The summed E-state index contributed by atoms with van der Waals surface area (Å²) < 4.78 is 5.44. The maximum absolute atomic E-state index is 12.6. The molecule has 0 saturated carbocycles. The number of benzene rings is 1. The van der Waals surface area contributed by atoms with E-state index in [0.29, 0.717) is 18.0 Å². The van der Waals surface area contributed by atoms with Gasteiger partial charge in [0.1, 0.15) is 11.6 Å². The average molecular weight is 413 g/mol. The van der Waals surface area contributed by atoms with Crippen molar-refractivity contribution in [3.8, 4) is 5.75 Å². The molecule has 1 aromatic heterocycles. The number of carbonyl (C=O) groups excluding carboxylic acids is 1. The summed E-state index contributed by atoms with van der Waals surface area (Å²) >= 11 is 0. The highest BCUT2D eigenvalue weighted by atomic mass is 35.5. The van der Waals surface area contributed by atoms with Gasteiger partial charge in [-0.25, -0.2) is 4.98 Å². The zero-order valence-electron chi connectivity index (χ0n) is 15.2. The van der Waals surface area contributed by atoms with Gasteiger partial charge < -0.3 is 20.7 Å². The summed E-state index contributed by atoms with van der Waals surface area (Å²) in [7, 11) is 0. The van der Waals surface area contributed by atoms with Gasteiger partial charge in [-0.3, -0.25) is 4.79 Å². The highest BCUT2D eigenvalue weighted by Crippen LogP contribution is 2.21. The summed E-state index contributed by atoms with van der Waals surface area (Å²) in [5.41, 5.74) is 1.40. The number of amides is 1. The zero-order valence-corrected chi connectivity index (χ0v) is 16.9. The van der Waals surface area contributed by atoms with Crippen molar-refractivity contribution in [3.05, 3.63) is 48.2 Å². The van der Waals surface area contributed by atoms with Crippen LogP contribution in [-0.4, -0.2) is 36.6 Å². The van der Waals surface area contributed by atoms with E-state index in [1.54, 1.807) is 18.3 Å². The fourth-order valence-electron chi connectivity index (χ4n) is 2.86. The van der Waals surface area contributed by atoms with Crippen molar-refractivity contribution in [3.63, 3.8) is 0 Å². The van der Waals surface area contributed by atoms with Crippen molar-refractivity contribution in [2.24, 2.45) is 0 Å². The quantitative estimate of drug-likeness (QED) is 0.676. The molecule has 0 radical (unpaired) electrons. The van der Waals surface area contributed by atoms with Crippen LogP contribution >= 0.6 is 24.8 Å². The molecule has 1 atom stereocenters. The van der Waals surface area contributed by atoms with E-state index < -0.39 is 0 Å². The topological polar surface area (TPSA) is 75.3 Å². The third kappa shape index (κ3) is 6.57. The van der Waals surface area contributed by atoms with Crippen LogP contribution in [0.5, 0.6) is 5.75 Å². The third-order valence-corrected chi connectivity index (χ3v) is 4.11. The van der Waals surface area contributed by atoms with Crippen LogP contribution in [0.1, 0.15) is 30.1 Å². The van der Waals surface area contributed by atoms with Gasteiger partial charge in [-0.05, 0) is 62.7 Å². The number of piperidine rings is 1. The second-order valence-electron chi connectivity index (χ2n) is 6.00. The Labute approximate surface area is 172 Å². The molecule has 8 heteroatoms. The van der Waals surface area contributed by atoms with E-state index in [9.17, 15) is 4.79 Å². The average Bonchev–Trinajstić information content (AvgIpc) is 2.65. The van der Waals surface area contributed by atoms with E-state index in [4.69, 9.17) is 4.74 Å². The van der Waals surface area contributed by atoms with Gasteiger partial charge in [0.05, 0.1) is 12.2 Å². The monoisotopic (exact) mass is 412 g/mol. The largest absolute Gasteiger partial charge is 0.494 e. The molecule has 1 unspecified atom stereocenters. The predicted molar refractivity (Wildman–Crippen MR) is 113 cm³/mol. The van der Waals surface area contributed by atoms with E-state index in [2.05, 4.69) is 20.9 Å². The molecule has 148 valence electrons. The number of aromatic nitrogens is 1. The number of carbonyl (C=O) groups is 1. The third-order valence-electron chi connectivity index (χ3n) is 4.11. The van der Waals surface area contributed by atoms with Crippen molar-refractivity contribution >= 4 is 42.2 Å². The van der Waals surface area contributed by atoms with E-state index in [0.717, 1.165) is 37.4 Å². The number of rotatable bonds is 6. The van der Waals surface area contributed by atoms with Gasteiger partial charge in [0, 0.05) is 24.5 Å². The molecule has 1 aliphatic rings. The Bertz CT molecular complexity index is 707. The summed E-state index contributed by atoms with van der Waals surface area (Å²) in [6, 6.07) is 11.3. The van der Waals surface area contributed by atoms with Gasteiger partial charge in [0.15, 0.2) is 0 Å². The highest BCUT2D eigenvalue weighted by molar-refractivity contribution is 5.99. The van der Waals surface area contributed by atoms with Crippen LogP contribution < -0.4 is 20.7 Å². The lowest BCUT2D eigenvalue weighted by atomic mass is 10.1. The number of hydrogen-bond acceptors (Lipinski definition) is 5. The molecule has 1 aliphatic heterocycles. The maximum atomic E-state index is 12.6. The molecule has 3 N–H and O–H groups in total. The molecule has 0 aliphatic carbocycles. The standard InChI is InChI=1S/C19H24N4O2.2ClH/c1-2-25-16-9-7-14(8-10-16)22-18-17(6-4-12-21-18)19(24)23-15-5-3-11-20-13-15;;/h4,6-10,12,15,20H,2-3,5,11,13H2,1H3,(H,21,22)(H,23,24);2*1H. The first-order valence-corrected chi connectivity index (χ1v) is 8.72. The number of hydrogen-bond donors (Lipinski definition) is 3. The van der Waals surface area contributed by atoms with Crippen LogP contribution in [0.4, 0.5) is 11.5 Å². The lowest BCUT2D eigenvalue weighted by molar-refractivity contribution is 0.0931. The zero-order chi connectivity index (χ0) is 17.5. The van der Waals surface area contributed by atoms with E-state index in [-0.39, 0.29) is 36.8 Å². The molecule has 0 spiro atoms. The van der Waals surface area contributed by atoms with E-state index >= 15 is 0 Å². The SMILES string of the molecule is CCOc1ccc(Nc2ncccc2C(=O)NC2CCCNC2)cc1.Cl.Cl. The first-order chi connectivity index (χ1) is 12.3. The fraction of sp³-hybridized carbons (Fsp3) is 0.368. The van der Waals surface area contributed by atoms with Crippen LogP contribution in [-0.2, 0) is 0 Å². The van der Waals surface area contributed by atoms with Crippen molar-refractivity contribution in [1.29, 1.82) is 0 Å². The summed E-state index contributed by atoms with van der Waals surface area (Å²) in [6.07, 6.45) is 3.76. The maximum Gasteiger partial charge on any atom is 0.255 e. The molecule has 3 rings (SSSR count). The smallest absolute Gasteiger partial charge is 0.255 e. The summed E-state index contributed by atoms with van der Waals surface area (Å²) in [5.74, 6) is 1.26. The number of pyridine rings is 1. The van der Waals surface area contributed by atoms with Gasteiger partial charge >= 0.3 is 0 Å². The van der Waals surface area contributed by atoms with Crippen LogP contribution in [0, 0.1) is 0 Å². The second-order valence-corrected chi connectivity index (χ2v) is 6.00. The van der Waals surface area contributed by atoms with Crippen LogP contribution in [0.25, 0.3) is 0 Å². The number of ether oxygens (including phenoxy) is 1. The molecule has 1 saturated heterocycles. The molecule has 2 heterocycles. The van der Waals surface area contributed by atoms with Gasteiger partial charge in [0.2, 0.25) is 0 Å². The van der Waals surface area contributed by atoms with Crippen LogP contribution in [0.3, 0.4) is 0 Å². The minimum Gasteiger partial charge on any atom is -0.494 e. The lowest BCUT2D eigenvalue weighted by Gasteiger charge is -2.24. The Balaban J connectivity index is 0.00000182. The molecular formula is C19H26Cl2N4O2. The first-order valence-electron chi connectivity index (χ1n) is 8.72. The highest BCUT2D eigenvalue weighted by Gasteiger charge is 2.18. The van der Waals surface area contributed by atoms with Gasteiger partial charge in [-0.1, -0.05) is 0 Å². The Morgan fingerprint density at radius 2 is 2.04 bits per heavy atom. The second kappa shape index (κ2) is 11.6. The van der Waals surface area contributed by atoms with Crippen molar-refractivity contribution in [2.45, 2.75) is 25.8 Å². The number of anilines is 2. The molecule has 6 nitrogen and oxygen atoms in total. The summed E-state index contributed by atoms with van der Waals surface area (Å²) in [5, 5.41) is 9.61. The van der Waals surface area contributed by atoms with E-state index in [1.807, 2.05) is 31.2 Å². The Kier molecular flexibility index (Phi) is 9.93. The van der Waals surface area contributed by atoms with Crippen molar-refractivity contribution in [2.75, 3.05) is 25.0 Å². The molecule has 1 amide bonds. The van der Waals surface area contributed by atoms with Crippen LogP contribution in [0.2, 0.25) is 0 Å². The molecule has 27 heavy (non-hydrogen) atoms. The van der Waals surface area contributed by atoms with Gasteiger partial charge in [-0.15, -0.1) is 24.8 Å². The Hall–Kier alpha value is -2.02. The van der Waals surface area contributed by atoms with Crippen molar-refractivity contribution < 1.29 is 9.53 Å². The molecule has 1 fully saturated rings. The summed E-state index contributed by atoms with van der Waals surface area (Å²) in [4.78, 5) is 17.0. The van der Waals surface area contributed by atoms with E-state index in [1.165, 1.54) is 0 Å². The molecule has 1 aromatic carbocycles.